The Bertz CT molecular complexity index is 1280. The Hall–Kier alpha value is -1.92. The first-order chi connectivity index (χ1) is 39.0. The molecule has 0 saturated heterocycles. The summed E-state index contributed by atoms with van der Waals surface area (Å²) in [5.41, 5.74) is 0. The molecule has 0 fully saturated rings. The van der Waals surface area contributed by atoms with Gasteiger partial charge in [0.05, 0.1) is 25.4 Å². The lowest BCUT2D eigenvalue weighted by atomic mass is 10.0. The van der Waals surface area contributed by atoms with E-state index in [0.29, 0.717) is 25.9 Å². The van der Waals surface area contributed by atoms with E-state index < -0.39 is 12.1 Å². The summed E-state index contributed by atoms with van der Waals surface area (Å²) in [6, 6.07) is -0.538. The van der Waals surface area contributed by atoms with Gasteiger partial charge in [0.25, 0.3) is 0 Å². The summed E-state index contributed by atoms with van der Waals surface area (Å²) >= 11 is 0. The molecule has 0 aliphatic rings. The molecule has 0 bridgehead atoms. The Balaban J connectivity index is 3.33. The molecule has 0 radical (unpaired) electrons. The number of allylic oxidation sites excluding steroid dienone is 6. The molecule has 0 saturated carbocycles. The predicted molar refractivity (Wildman–Crippen MR) is 347 cm³/mol. The molecule has 1 amide bonds. The maximum Gasteiger partial charge on any atom is 0.305 e. The number of aliphatic hydroxyl groups is 2. The highest BCUT2D eigenvalue weighted by Crippen LogP contribution is 2.19. The third-order valence-corrected chi connectivity index (χ3v) is 16.7. The first-order valence-corrected chi connectivity index (χ1v) is 35.7. The molecule has 6 heteroatoms. The van der Waals surface area contributed by atoms with E-state index in [4.69, 9.17) is 4.74 Å². The second kappa shape index (κ2) is 68.6. The second-order valence-electron chi connectivity index (χ2n) is 24.6. The van der Waals surface area contributed by atoms with Crippen molar-refractivity contribution < 1.29 is 24.5 Å². The van der Waals surface area contributed by atoms with Gasteiger partial charge < -0.3 is 20.3 Å². The molecular weight excluding hydrogens is 971 g/mol. The van der Waals surface area contributed by atoms with E-state index in [0.717, 1.165) is 51.4 Å². The maximum atomic E-state index is 12.5. The van der Waals surface area contributed by atoms with Gasteiger partial charge in [-0.05, 0) is 83.5 Å². The fraction of sp³-hybridized carbons (Fsp3) is 0.890. The van der Waals surface area contributed by atoms with E-state index in [1.165, 1.54) is 308 Å². The summed E-state index contributed by atoms with van der Waals surface area (Å²) in [5, 5.41) is 23.3. The first-order valence-electron chi connectivity index (χ1n) is 35.7. The van der Waals surface area contributed by atoms with Crippen LogP contribution in [0.25, 0.3) is 0 Å². The van der Waals surface area contributed by atoms with Crippen molar-refractivity contribution in [1.82, 2.24) is 5.32 Å². The third kappa shape index (κ3) is 65.1. The van der Waals surface area contributed by atoms with E-state index in [1.807, 2.05) is 0 Å². The highest BCUT2D eigenvalue weighted by atomic mass is 16.5. The molecule has 0 heterocycles. The number of hydrogen-bond donors (Lipinski definition) is 3. The fourth-order valence-electron chi connectivity index (χ4n) is 11.2. The summed E-state index contributed by atoms with van der Waals surface area (Å²) in [5.74, 6) is -0.0200. The molecule has 79 heavy (non-hydrogen) atoms. The van der Waals surface area contributed by atoms with E-state index in [9.17, 15) is 19.8 Å². The lowest BCUT2D eigenvalue weighted by Crippen LogP contribution is -2.45. The number of hydrogen-bond acceptors (Lipinski definition) is 5. The molecule has 0 aliphatic carbocycles. The lowest BCUT2D eigenvalue weighted by Gasteiger charge is -2.22. The maximum absolute atomic E-state index is 12.5. The van der Waals surface area contributed by atoms with Crippen LogP contribution in [0.5, 0.6) is 0 Å². The minimum Gasteiger partial charge on any atom is -0.466 e. The number of unbranched alkanes of at least 4 members (excludes halogenated alkanes) is 50. The summed E-state index contributed by atoms with van der Waals surface area (Å²) in [7, 11) is 0. The second-order valence-corrected chi connectivity index (χ2v) is 24.6. The monoisotopic (exact) mass is 1110 g/mol. The quantitative estimate of drug-likeness (QED) is 0.0320. The summed E-state index contributed by atoms with van der Waals surface area (Å²) in [6.07, 6.45) is 87.8. The zero-order valence-corrected chi connectivity index (χ0v) is 53.4. The normalized spacial score (nSPS) is 12.7. The van der Waals surface area contributed by atoms with Crippen LogP contribution in [0.1, 0.15) is 393 Å². The lowest BCUT2D eigenvalue weighted by molar-refractivity contribution is -0.143. The summed E-state index contributed by atoms with van der Waals surface area (Å²) < 4.78 is 5.50. The molecule has 0 rings (SSSR count). The molecule has 0 spiro atoms. The largest absolute Gasteiger partial charge is 0.466 e. The van der Waals surface area contributed by atoms with Crippen LogP contribution in [-0.4, -0.2) is 47.4 Å². The van der Waals surface area contributed by atoms with E-state index in [-0.39, 0.29) is 18.5 Å². The molecule has 2 atom stereocenters. The van der Waals surface area contributed by atoms with Gasteiger partial charge in [0.15, 0.2) is 0 Å². The van der Waals surface area contributed by atoms with Crippen LogP contribution in [0, 0.1) is 0 Å². The highest BCUT2D eigenvalue weighted by molar-refractivity contribution is 5.76. The molecule has 466 valence electrons. The van der Waals surface area contributed by atoms with Crippen molar-refractivity contribution in [1.29, 1.82) is 0 Å². The Morgan fingerprint density at radius 3 is 0.987 bits per heavy atom. The Morgan fingerprint density at radius 1 is 0.354 bits per heavy atom. The van der Waals surface area contributed by atoms with Gasteiger partial charge in [-0.1, -0.05) is 333 Å². The number of aliphatic hydroxyl groups excluding tert-OH is 2. The topological polar surface area (TPSA) is 95.9 Å². The number of amides is 1. The SMILES string of the molecule is CCCCCC/C=C\C/C=C\CCCCCCCCCC(=O)OCCCCCCCCCCCCCC/C=C\CCCCCCCCCCCCCCCCCCC(=O)NC(CO)C(O)CCCCCCCCCCCCCC. The first kappa shape index (κ1) is 77.1. The smallest absolute Gasteiger partial charge is 0.305 e. The van der Waals surface area contributed by atoms with Crippen LogP contribution in [0.15, 0.2) is 36.5 Å². The van der Waals surface area contributed by atoms with Crippen molar-refractivity contribution in [3.63, 3.8) is 0 Å². The van der Waals surface area contributed by atoms with E-state index in [2.05, 4.69) is 55.6 Å². The van der Waals surface area contributed by atoms with Crippen LogP contribution in [0.4, 0.5) is 0 Å². The van der Waals surface area contributed by atoms with Crippen molar-refractivity contribution >= 4 is 11.9 Å². The van der Waals surface area contributed by atoms with Crippen LogP contribution >= 0.6 is 0 Å². The molecule has 0 aromatic carbocycles. The minimum absolute atomic E-state index is 0.0112. The average molecular weight is 1110 g/mol. The highest BCUT2D eigenvalue weighted by Gasteiger charge is 2.20. The summed E-state index contributed by atoms with van der Waals surface area (Å²) in [4.78, 5) is 24.6. The standard InChI is InChI=1S/C73H139NO5/c1-3-5-7-9-11-13-15-17-18-19-37-40-43-47-51-55-59-63-67-73(78)79-68-64-60-56-52-48-44-41-38-35-33-31-29-27-25-23-21-20-22-24-26-28-30-32-34-36-39-42-46-50-54-58-62-66-72(77)74-70(69-75)71(76)65-61-57-53-49-45-16-14-12-10-8-6-4-2/h13,15,18-19,23,25,70-71,75-76H,3-12,14,16-17,20-22,24,26-69H2,1-2H3,(H,74,77)/b15-13-,19-18-,25-23-. The van der Waals surface area contributed by atoms with E-state index in [1.54, 1.807) is 0 Å². The molecule has 0 aromatic heterocycles. The molecule has 6 nitrogen and oxygen atoms in total. The fourth-order valence-corrected chi connectivity index (χ4v) is 11.2. The van der Waals surface area contributed by atoms with Gasteiger partial charge in [0.1, 0.15) is 0 Å². The number of carbonyl (C=O) groups excluding carboxylic acids is 2. The van der Waals surface area contributed by atoms with Gasteiger partial charge in [-0.3, -0.25) is 9.59 Å². The van der Waals surface area contributed by atoms with Crippen molar-refractivity contribution in [3.05, 3.63) is 36.5 Å². The minimum atomic E-state index is -0.661. The van der Waals surface area contributed by atoms with Gasteiger partial charge in [-0.2, -0.15) is 0 Å². The number of rotatable bonds is 67. The molecule has 3 N–H and O–H groups in total. The van der Waals surface area contributed by atoms with E-state index >= 15 is 0 Å². The Morgan fingerprint density at radius 2 is 0.633 bits per heavy atom. The third-order valence-electron chi connectivity index (χ3n) is 16.7. The molecular formula is C73H139NO5. The zero-order valence-electron chi connectivity index (χ0n) is 53.4. The van der Waals surface area contributed by atoms with Gasteiger partial charge in [-0.15, -0.1) is 0 Å². The van der Waals surface area contributed by atoms with Crippen LogP contribution in [0.2, 0.25) is 0 Å². The van der Waals surface area contributed by atoms with Crippen molar-refractivity contribution in [2.75, 3.05) is 13.2 Å². The molecule has 2 unspecified atom stereocenters. The Kier molecular flexibility index (Phi) is 66.9. The number of esters is 1. The number of ether oxygens (including phenoxy) is 1. The van der Waals surface area contributed by atoms with Gasteiger partial charge in [-0.25, -0.2) is 0 Å². The predicted octanol–water partition coefficient (Wildman–Crippen LogP) is 23.1. The Labute approximate surface area is 494 Å². The van der Waals surface area contributed by atoms with Gasteiger partial charge >= 0.3 is 5.97 Å². The van der Waals surface area contributed by atoms with Crippen molar-refractivity contribution in [2.24, 2.45) is 0 Å². The van der Waals surface area contributed by atoms with Gasteiger partial charge in [0.2, 0.25) is 5.91 Å². The van der Waals surface area contributed by atoms with Crippen LogP contribution in [-0.2, 0) is 14.3 Å². The zero-order chi connectivity index (χ0) is 57.1. The van der Waals surface area contributed by atoms with Crippen LogP contribution < -0.4 is 5.32 Å². The number of carbonyl (C=O) groups is 2. The van der Waals surface area contributed by atoms with Crippen molar-refractivity contribution in [2.45, 2.75) is 405 Å². The number of nitrogens with one attached hydrogen (secondary N) is 1. The van der Waals surface area contributed by atoms with Crippen molar-refractivity contribution in [3.8, 4) is 0 Å². The molecule has 0 aromatic rings. The molecule has 0 aliphatic heterocycles. The van der Waals surface area contributed by atoms with Gasteiger partial charge in [0, 0.05) is 12.8 Å². The van der Waals surface area contributed by atoms with Crippen LogP contribution in [0.3, 0.4) is 0 Å². The summed E-state index contributed by atoms with van der Waals surface area (Å²) in [6.45, 7) is 4.95. The average Bonchev–Trinajstić information content (AvgIpc) is 3.45.